The van der Waals surface area contributed by atoms with Crippen LogP contribution in [-0.4, -0.2) is 30.0 Å². The molecule has 0 unspecified atom stereocenters. The minimum Gasteiger partial charge on any atom is -0.495 e. The van der Waals surface area contributed by atoms with Crippen molar-refractivity contribution in [3.05, 3.63) is 92.5 Å². The number of halogens is 2. The fourth-order valence-corrected chi connectivity index (χ4v) is 5.01. The molecule has 0 bridgehead atoms. The van der Waals surface area contributed by atoms with Crippen molar-refractivity contribution in [3.8, 4) is 5.75 Å². The Bertz CT molecular complexity index is 1370. The van der Waals surface area contributed by atoms with E-state index >= 15 is 0 Å². The third-order valence-electron chi connectivity index (χ3n) is 6.02. The molecule has 11 heteroatoms. The summed E-state index contributed by atoms with van der Waals surface area (Å²) in [7, 11) is 1.45. The summed E-state index contributed by atoms with van der Waals surface area (Å²) in [4.78, 5) is 45.1. The first-order valence-electron chi connectivity index (χ1n) is 10.5. The first kappa shape index (κ1) is 23.1. The molecule has 2 aliphatic heterocycles. The molecule has 0 radical (unpaired) electrons. The van der Waals surface area contributed by atoms with Gasteiger partial charge in [-0.3, -0.25) is 24.5 Å². The van der Waals surface area contributed by atoms with E-state index in [4.69, 9.17) is 32.8 Å². The summed E-state index contributed by atoms with van der Waals surface area (Å²) in [6.07, 6.45) is -1.18. The first-order chi connectivity index (χ1) is 16.8. The largest absolute Gasteiger partial charge is 0.495 e. The van der Waals surface area contributed by atoms with E-state index in [-0.39, 0.29) is 10.7 Å². The number of non-ortho nitro benzene ring substituents is 1. The summed E-state index contributed by atoms with van der Waals surface area (Å²) in [5.74, 6) is -1.71. The monoisotopic (exact) mass is 513 g/mol. The van der Waals surface area contributed by atoms with Crippen molar-refractivity contribution in [2.75, 3.05) is 17.1 Å². The topological polar surface area (TPSA) is 102 Å². The van der Waals surface area contributed by atoms with Gasteiger partial charge >= 0.3 is 0 Å². The standard InChI is InChI=1S/C24H17Cl2N3O6/c1-34-19-8-3-2-7-18(19)27-23(30)20-21(16-10-9-13(25)11-17(16)26)28(35-22(20)24(27)31)14-5-4-6-15(12-14)29(32)33/h2-12,20-22H,1H3/t20-,21-,22-/m0/s1. The lowest BCUT2D eigenvalue weighted by atomic mass is 9.90. The van der Waals surface area contributed by atoms with Crippen molar-refractivity contribution < 1.29 is 24.1 Å². The second-order valence-electron chi connectivity index (χ2n) is 7.95. The minimum absolute atomic E-state index is 0.169. The van der Waals surface area contributed by atoms with Crippen LogP contribution in [0.2, 0.25) is 10.0 Å². The van der Waals surface area contributed by atoms with Crippen molar-refractivity contribution >= 4 is 52.1 Å². The highest BCUT2D eigenvalue weighted by molar-refractivity contribution is 6.35. The van der Waals surface area contributed by atoms with E-state index in [9.17, 15) is 19.7 Å². The normalized spacial score (nSPS) is 21.4. The predicted molar refractivity (Wildman–Crippen MR) is 129 cm³/mol. The van der Waals surface area contributed by atoms with Crippen LogP contribution in [0.4, 0.5) is 17.1 Å². The number of ether oxygens (including phenoxy) is 1. The van der Waals surface area contributed by atoms with E-state index in [1.165, 1.54) is 36.4 Å². The Morgan fingerprint density at radius 1 is 1.00 bits per heavy atom. The van der Waals surface area contributed by atoms with Crippen LogP contribution in [0.15, 0.2) is 66.7 Å². The van der Waals surface area contributed by atoms with Crippen molar-refractivity contribution in [2.45, 2.75) is 12.1 Å². The number of rotatable bonds is 5. The third-order valence-corrected chi connectivity index (χ3v) is 6.58. The smallest absolute Gasteiger partial charge is 0.271 e. The van der Waals surface area contributed by atoms with Gasteiger partial charge in [0, 0.05) is 22.2 Å². The van der Waals surface area contributed by atoms with Crippen LogP contribution in [0.25, 0.3) is 0 Å². The average molecular weight is 514 g/mol. The second kappa shape index (κ2) is 8.84. The van der Waals surface area contributed by atoms with Crippen LogP contribution < -0.4 is 14.7 Å². The highest BCUT2D eigenvalue weighted by Gasteiger charge is 2.61. The number of nitro groups is 1. The molecule has 3 atom stereocenters. The summed E-state index contributed by atoms with van der Waals surface area (Å²) in [5, 5.41) is 13.3. The van der Waals surface area contributed by atoms with Crippen molar-refractivity contribution in [1.82, 2.24) is 0 Å². The molecule has 0 spiro atoms. The predicted octanol–water partition coefficient (Wildman–Crippen LogP) is 4.96. The fourth-order valence-electron chi connectivity index (χ4n) is 4.49. The van der Waals surface area contributed by atoms with E-state index in [0.717, 1.165) is 4.90 Å². The zero-order chi connectivity index (χ0) is 24.9. The van der Waals surface area contributed by atoms with Gasteiger partial charge in [0.05, 0.1) is 29.4 Å². The van der Waals surface area contributed by atoms with E-state index < -0.39 is 34.8 Å². The highest BCUT2D eigenvalue weighted by atomic mass is 35.5. The fraction of sp³-hybridized carbons (Fsp3) is 0.167. The lowest BCUT2D eigenvalue weighted by Gasteiger charge is -2.29. The summed E-state index contributed by atoms with van der Waals surface area (Å²) in [6, 6.07) is 16.3. The molecular weight excluding hydrogens is 497 g/mol. The number of hydroxylamine groups is 1. The number of nitro benzene ring substituents is 1. The molecule has 0 saturated carbocycles. The molecule has 5 rings (SSSR count). The maximum atomic E-state index is 13.7. The number of nitrogens with zero attached hydrogens (tertiary/aromatic N) is 3. The molecule has 3 aromatic carbocycles. The summed E-state index contributed by atoms with van der Waals surface area (Å²) >= 11 is 12.6. The van der Waals surface area contributed by atoms with Gasteiger partial charge in [-0.05, 0) is 35.9 Å². The van der Waals surface area contributed by atoms with Gasteiger partial charge in [-0.1, -0.05) is 47.5 Å². The Balaban J connectivity index is 1.63. The number of hydrogen-bond acceptors (Lipinski definition) is 7. The number of carbonyl (C=O) groups excluding carboxylic acids is 2. The SMILES string of the molecule is COc1ccccc1N1C(=O)[C@@H]2[C@H](ON(c3cccc([N+](=O)[O-])c3)[C@H]2c2ccc(Cl)cc2Cl)C1=O. The van der Waals surface area contributed by atoms with Gasteiger partial charge in [-0.15, -0.1) is 0 Å². The Hall–Kier alpha value is -3.66. The number of imide groups is 1. The van der Waals surface area contributed by atoms with Crippen molar-refractivity contribution in [3.63, 3.8) is 0 Å². The van der Waals surface area contributed by atoms with Crippen LogP contribution in [0.1, 0.15) is 11.6 Å². The molecule has 9 nitrogen and oxygen atoms in total. The van der Waals surface area contributed by atoms with Gasteiger partial charge in [-0.2, -0.15) is 0 Å². The lowest BCUT2D eigenvalue weighted by Crippen LogP contribution is -2.37. The van der Waals surface area contributed by atoms with Crippen LogP contribution in [0.5, 0.6) is 5.75 Å². The zero-order valence-corrected chi connectivity index (χ0v) is 19.6. The molecule has 2 aliphatic rings. The zero-order valence-electron chi connectivity index (χ0n) is 18.1. The highest BCUT2D eigenvalue weighted by Crippen LogP contribution is 2.50. The first-order valence-corrected chi connectivity index (χ1v) is 11.2. The van der Waals surface area contributed by atoms with Crippen LogP contribution in [0, 0.1) is 16.0 Å². The van der Waals surface area contributed by atoms with Gasteiger partial charge in [0.25, 0.3) is 11.6 Å². The van der Waals surface area contributed by atoms with Crippen LogP contribution in [0.3, 0.4) is 0 Å². The maximum absolute atomic E-state index is 13.7. The van der Waals surface area contributed by atoms with Gasteiger partial charge in [-0.25, -0.2) is 9.96 Å². The molecule has 0 aliphatic carbocycles. The molecule has 2 amide bonds. The Morgan fingerprint density at radius 3 is 2.49 bits per heavy atom. The molecule has 2 heterocycles. The van der Waals surface area contributed by atoms with Crippen molar-refractivity contribution in [1.29, 1.82) is 0 Å². The number of benzene rings is 3. The Labute approximate surface area is 209 Å². The minimum atomic E-state index is -1.18. The molecular formula is C24H17Cl2N3O6. The number of fused-ring (bicyclic) bond motifs is 1. The van der Waals surface area contributed by atoms with Crippen LogP contribution in [-0.2, 0) is 14.4 Å². The molecule has 178 valence electrons. The number of hydrogen-bond donors (Lipinski definition) is 0. The van der Waals surface area contributed by atoms with E-state index in [0.29, 0.717) is 27.7 Å². The molecule has 2 saturated heterocycles. The quantitative estimate of drug-likeness (QED) is 0.269. The third kappa shape index (κ3) is 3.78. The second-order valence-corrected chi connectivity index (χ2v) is 8.79. The number of methoxy groups -OCH3 is 1. The Kier molecular flexibility index (Phi) is 5.84. The molecule has 0 aromatic heterocycles. The van der Waals surface area contributed by atoms with Gasteiger partial charge in [0.15, 0.2) is 6.10 Å². The van der Waals surface area contributed by atoms with Gasteiger partial charge in [0.1, 0.15) is 11.7 Å². The number of anilines is 2. The Morgan fingerprint density at radius 2 is 1.77 bits per heavy atom. The van der Waals surface area contributed by atoms with Crippen LogP contribution >= 0.6 is 23.2 Å². The number of amides is 2. The number of carbonyl (C=O) groups is 2. The van der Waals surface area contributed by atoms with Crippen molar-refractivity contribution in [2.24, 2.45) is 5.92 Å². The van der Waals surface area contributed by atoms with Gasteiger partial charge < -0.3 is 4.74 Å². The molecule has 35 heavy (non-hydrogen) atoms. The van der Waals surface area contributed by atoms with Gasteiger partial charge in [0.2, 0.25) is 5.91 Å². The lowest BCUT2D eigenvalue weighted by molar-refractivity contribution is -0.384. The molecule has 0 N–H and O–H groups in total. The summed E-state index contributed by atoms with van der Waals surface area (Å²) in [6.45, 7) is 0. The molecule has 3 aromatic rings. The van der Waals surface area contributed by atoms with E-state index in [2.05, 4.69) is 0 Å². The average Bonchev–Trinajstić information content (AvgIpc) is 3.35. The summed E-state index contributed by atoms with van der Waals surface area (Å²) in [5.41, 5.74) is 0.912. The summed E-state index contributed by atoms with van der Waals surface area (Å²) < 4.78 is 5.35. The maximum Gasteiger partial charge on any atom is 0.271 e. The van der Waals surface area contributed by atoms with E-state index in [1.54, 1.807) is 42.5 Å². The number of para-hydroxylation sites is 2. The van der Waals surface area contributed by atoms with E-state index in [1.807, 2.05) is 0 Å². The molecule has 2 fully saturated rings.